The molecule has 1 aromatic heterocycles. The molecule has 0 bridgehead atoms. The number of ether oxygens (including phenoxy) is 2. The van der Waals surface area contributed by atoms with E-state index in [1.165, 1.54) is 11.3 Å². The highest BCUT2D eigenvalue weighted by Crippen LogP contribution is 2.28. The van der Waals surface area contributed by atoms with E-state index in [0.29, 0.717) is 18.6 Å². The molecule has 1 N–H and O–H groups in total. The monoisotopic (exact) mass is 399 g/mol. The Morgan fingerprint density at radius 3 is 2.75 bits per heavy atom. The van der Waals surface area contributed by atoms with Gasteiger partial charge in [-0.05, 0) is 44.7 Å². The molecule has 0 saturated heterocycles. The number of carbonyl (C=O) groups is 2. The number of nitrogens with one attached hydrogen (secondary N) is 1. The predicted octanol–water partition coefficient (Wildman–Crippen LogP) is 3.14. The molecule has 8 heteroatoms. The lowest BCUT2D eigenvalue weighted by atomic mass is 10.00. The number of hydrogen-bond acceptors (Lipinski definition) is 7. The molecule has 0 atom stereocenters. The van der Waals surface area contributed by atoms with Crippen molar-refractivity contribution in [2.75, 3.05) is 6.61 Å². The Balaban J connectivity index is 1.57. The third-order valence-corrected chi connectivity index (χ3v) is 5.36. The topological polar surface area (TPSA) is 101 Å². The Bertz CT molecular complexity index is 897. The van der Waals surface area contributed by atoms with Crippen LogP contribution in [0.3, 0.4) is 0 Å². The Labute approximate surface area is 167 Å². The molecule has 146 valence electrons. The number of benzene rings is 1. The minimum Gasteiger partial charge on any atom is -0.486 e. The van der Waals surface area contributed by atoms with Gasteiger partial charge in [0.15, 0.2) is 6.61 Å². The fraction of sp³-hybridized carbons (Fsp3) is 0.400. The van der Waals surface area contributed by atoms with Gasteiger partial charge in [-0.1, -0.05) is 12.1 Å². The summed E-state index contributed by atoms with van der Waals surface area (Å²) in [5, 5.41) is 14.9. The van der Waals surface area contributed by atoms with Crippen LogP contribution in [-0.2, 0) is 16.1 Å². The molecular weight excluding hydrogens is 378 g/mol. The number of rotatable bonds is 7. The van der Waals surface area contributed by atoms with Crippen molar-refractivity contribution >= 4 is 23.2 Å². The maximum atomic E-state index is 12.4. The standard InChI is InChI=1S/C20H21N3O4S/c1-14-22-15(12-28-14)10-26-17-7-3-2-6-16(17)19(25)27-11-18(24)23-20(13-21)8-4-5-9-20/h2-3,6-7,12H,4-5,8-11H2,1H3,(H,23,24). The summed E-state index contributed by atoms with van der Waals surface area (Å²) in [6, 6.07) is 8.86. The van der Waals surface area contributed by atoms with E-state index < -0.39 is 24.0 Å². The maximum Gasteiger partial charge on any atom is 0.342 e. The number of hydrogen-bond donors (Lipinski definition) is 1. The highest BCUT2D eigenvalue weighted by Gasteiger charge is 2.35. The second-order valence-corrected chi connectivity index (χ2v) is 7.73. The average molecular weight is 399 g/mol. The molecule has 28 heavy (non-hydrogen) atoms. The number of esters is 1. The zero-order valence-corrected chi connectivity index (χ0v) is 16.4. The Morgan fingerprint density at radius 1 is 1.32 bits per heavy atom. The van der Waals surface area contributed by atoms with Gasteiger partial charge in [-0.25, -0.2) is 9.78 Å². The smallest absolute Gasteiger partial charge is 0.342 e. The quantitative estimate of drug-likeness (QED) is 0.718. The van der Waals surface area contributed by atoms with Crippen LogP contribution in [0.25, 0.3) is 0 Å². The summed E-state index contributed by atoms with van der Waals surface area (Å²) >= 11 is 1.53. The molecule has 3 rings (SSSR count). The lowest BCUT2D eigenvalue weighted by molar-refractivity contribution is -0.125. The third-order valence-electron chi connectivity index (χ3n) is 4.53. The molecule has 1 amide bonds. The molecule has 1 saturated carbocycles. The van der Waals surface area contributed by atoms with Crippen LogP contribution in [0, 0.1) is 18.3 Å². The first-order valence-electron chi connectivity index (χ1n) is 9.03. The number of amides is 1. The molecular formula is C20H21N3O4S. The van der Waals surface area contributed by atoms with Crippen LogP contribution < -0.4 is 10.1 Å². The van der Waals surface area contributed by atoms with Gasteiger partial charge in [-0.2, -0.15) is 5.26 Å². The molecule has 0 aliphatic heterocycles. The second-order valence-electron chi connectivity index (χ2n) is 6.67. The van der Waals surface area contributed by atoms with Crippen molar-refractivity contribution in [2.45, 2.75) is 44.8 Å². The van der Waals surface area contributed by atoms with Crippen molar-refractivity contribution in [1.82, 2.24) is 10.3 Å². The summed E-state index contributed by atoms with van der Waals surface area (Å²) < 4.78 is 10.8. The van der Waals surface area contributed by atoms with Gasteiger partial charge in [0.25, 0.3) is 5.91 Å². The second kappa shape index (κ2) is 8.85. The van der Waals surface area contributed by atoms with E-state index in [4.69, 9.17) is 9.47 Å². The molecule has 0 unspecified atom stereocenters. The van der Waals surface area contributed by atoms with Gasteiger partial charge in [0.2, 0.25) is 0 Å². The summed E-state index contributed by atoms with van der Waals surface area (Å²) in [4.78, 5) is 28.9. The predicted molar refractivity (Wildman–Crippen MR) is 103 cm³/mol. The van der Waals surface area contributed by atoms with E-state index in [1.807, 2.05) is 12.3 Å². The van der Waals surface area contributed by atoms with Crippen molar-refractivity contribution in [3.63, 3.8) is 0 Å². The minimum absolute atomic E-state index is 0.234. The molecule has 1 aromatic carbocycles. The average Bonchev–Trinajstić information content (AvgIpc) is 3.34. The summed E-state index contributed by atoms with van der Waals surface area (Å²) in [6.45, 7) is 1.70. The van der Waals surface area contributed by atoms with E-state index in [2.05, 4.69) is 16.4 Å². The van der Waals surface area contributed by atoms with Gasteiger partial charge in [0.05, 0.1) is 16.8 Å². The summed E-state index contributed by atoms with van der Waals surface area (Å²) in [7, 11) is 0. The fourth-order valence-electron chi connectivity index (χ4n) is 3.14. The van der Waals surface area contributed by atoms with E-state index in [0.717, 1.165) is 23.5 Å². The van der Waals surface area contributed by atoms with E-state index in [9.17, 15) is 14.9 Å². The van der Waals surface area contributed by atoms with Crippen LogP contribution >= 0.6 is 11.3 Å². The van der Waals surface area contributed by atoms with Crippen molar-refractivity contribution in [2.24, 2.45) is 0 Å². The molecule has 2 aromatic rings. The maximum absolute atomic E-state index is 12.4. The number of aromatic nitrogens is 1. The van der Waals surface area contributed by atoms with Crippen LogP contribution in [0.2, 0.25) is 0 Å². The highest BCUT2D eigenvalue weighted by molar-refractivity contribution is 7.09. The van der Waals surface area contributed by atoms with Crippen molar-refractivity contribution in [1.29, 1.82) is 5.26 Å². The first-order chi connectivity index (χ1) is 13.5. The molecule has 0 spiro atoms. The SMILES string of the molecule is Cc1nc(COc2ccccc2C(=O)OCC(=O)NC2(C#N)CCCC2)cs1. The summed E-state index contributed by atoms with van der Waals surface area (Å²) in [5.74, 6) is -0.770. The van der Waals surface area contributed by atoms with E-state index in [-0.39, 0.29) is 12.2 Å². The number of thiazole rings is 1. The third kappa shape index (κ3) is 4.87. The fourth-order valence-corrected chi connectivity index (χ4v) is 3.74. The molecule has 7 nitrogen and oxygen atoms in total. The number of nitrogens with zero attached hydrogens (tertiary/aromatic N) is 2. The molecule has 1 aliphatic rings. The number of para-hydroxylation sites is 1. The Hall–Kier alpha value is -2.92. The number of carbonyl (C=O) groups excluding carboxylic acids is 2. The van der Waals surface area contributed by atoms with Gasteiger partial charge < -0.3 is 14.8 Å². The first kappa shape index (κ1) is 19.8. The lowest BCUT2D eigenvalue weighted by Gasteiger charge is -2.21. The number of nitriles is 1. The summed E-state index contributed by atoms with van der Waals surface area (Å²) in [5.41, 5.74) is 0.178. The largest absolute Gasteiger partial charge is 0.486 e. The first-order valence-corrected chi connectivity index (χ1v) is 9.91. The molecule has 1 fully saturated rings. The minimum atomic E-state index is -0.837. The van der Waals surface area contributed by atoms with E-state index in [1.54, 1.807) is 24.3 Å². The van der Waals surface area contributed by atoms with Gasteiger partial charge in [0, 0.05) is 5.38 Å². The van der Waals surface area contributed by atoms with Gasteiger partial charge in [0.1, 0.15) is 23.5 Å². The summed E-state index contributed by atoms with van der Waals surface area (Å²) in [6.07, 6.45) is 3.04. The van der Waals surface area contributed by atoms with Gasteiger partial charge in [-0.3, -0.25) is 4.79 Å². The van der Waals surface area contributed by atoms with Gasteiger partial charge in [-0.15, -0.1) is 11.3 Å². The zero-order chi connectivity index (χ0) is 20.0. The number of aryl methyl sites for hydroxylation is 1. The van der Waals surface area contributed by atoms with Crippen LogP contribution in [0.15, 0.2) is 29.6 Å². The normalized spacial score (nSPS) is 14.9. The van der Waals surface area contributed by atoms with Crippen LogP contribution in [-0.4, -0.2) is 29.0 Å². The molecule has 1 heterocycles. The van der Waals surface area contributed by atoms with Crippen LogP contribution in [0.1, 0.15) is 46.7 Å². The Morgan fingerprint density at radius 2 is 2.07 bits per heavy atom. The zero-order valence-electron chi connectivity index (χ0n) is 15.6. The van der Waals surface area contributed by atoms with Gasteiger partial charge >= 0.3 is 5.97 Å². The van der Waals surface area contributed by atoms with Crippen molar-refractivity contribution < 1.29 is 19.1 Å². The van der Waals surface area contributed by atoms with Crippen LogP contribution in [0.5, 0.6) is 5.75 Å². The van der Waals surface area contributed by atoms with Crippen molar-refractivity contribution in [3.8, 4) is 11.8 Å². The van der Waals surface area contributed by atoms with Crippen molar-refractivity contribution in [3.05, 3.63) is 45.9 Å². The van der Waals surface area contributed by atoms with Crippen LogP contribution in [0.4, 0.5) is 0 Å². The Kier molecular flexibility index (Phi) is 6.26. The molecule has 0 radical (unpaired) electrons. The molecule has 1 aliphatic carbocycles. The van der Waals surface area contributed by atoms with E-state index >= 15 is 0 Å². The highest BCUT2D eigenvalue weighted by atomic mass is 32.1. The lowest BCUT2D eigenvalue weighted by Crippen LogP contribution is -2.46.